The minimum atomic E-state index is 0.674. The average Bonchev–Trinajstić information content (AvgIpc) is 3.62. The number of piperidine rings is 1. The van der Waals surface area contributed by atoms with Crippen LogP contribution in [0.3, 0.4) is 0 Å². The molecule has 3 saturated heterocycles. The van der Waals surface area contributed by atoms with Crippen molar-refractivity contribution in [2.24, 2.45) is 23.7 Å². The Bertz CT molecular complexity index is 558. The maximum absolute atomic E-state index is 3.54. The standard InChI is InChI=1S/C8H17N.C7H13N.C7H15N.C6H11N.C4H9N.2C3H8/c1-7(2)9-8-5-3-4-6-8;1-2-6-4-8-5-7(6)3-1;1-6(2)8-7-4-3-5-7;1-7-3-5-2-6(5)4-7;1-2-4-5-3-1;2*1-3-2/h7-9H,3-6H2,1-2H3;6-8H,1-5H2;6-8H,3-5H2,1-2H3;5-6H,2-4H2,1H3;5H,1-4H2;2*3H2,1-2H3. The maximum atomic E-state index is 3.54. The molecule has 0 aromatic carbocycles. The molecule has 4 atom stereocenters. The van der Waals surface area contributed by atoms with Crippen LogP contribution in [0.5, 0.6) is 0 Å². The first kappa shape index (κ1) is 40.8. The zero-order valence-electron chi connectivity index (χ0n) is 30.9. The molecule has 7 fully saturated rings. The average molecular weight is 608 g/mol. The highest BCUT2D eigenvalue weighted by atomic mass is 15.1. The van der Waals surface area contributed by atoms with Crippen LogP contribution < -0.4 is 21.3 Å². The highest BCUT2D eigenvalue weighted by Crippen LogP contribution is 2.44. The molecule has 4 saturated carbocycles. The molecule has 0 aromatic rings. The van der Waals surface area contributed by atoms with E-state index in [1.807, 2.05) is 0 Å². The van der Waals surface area contributed by atoms with Crippen LogP contribution in [0.25, 0.3) is 0 Å². The van der Waals surface area contributed by atoms with E-state index in [0.717, 1.165) is 35.8 Å². The van der Waals surface area contributed by atoms with E-state index in [2.05, 4.69) is 88.6 Å². The molecule has 4 N–H and O–H groups in total. The molecule has 3 heterocycles. The van der Waals surface area contributed by atoms with Gasteiger partial charge >= 0.3 is 0 Å². The molecule has 4 aliphatic carbocycles. The van der Waals surface area contributed by atoms with Crippen LogP contribution in [0.2, 0.25) is 0 Å². The number of nitrogens with zero attached hydrogens (tertiary/aromatic N) is 1. The van der Waals surface area contributed by atoms with Gasteiger partial charge in [0.1, 0.15) is 0 Å². The summed E-state index contributed by atoms with van der Waals surface area (Å²) in [4.78, 5) is 2.43. The van der Waals surface area contributed by atoms with Gasteiger partial charge in [0, 0.05) is 37.3 Å². The van der Waals surface area contributed by atoms with Crippen LogP contribution in [0.15, 0.2) is 0 Å². The van der Waals surface area contributed by atoms with Crippen molar-refractivity contribution in [3.8, 4) is 0 Å². The lowest BCUT2D eigenvalue weighted by Gasteiger charge is -2.28. The van der Waals surface area contributed by atoms with E-state index in [0.29, 0.717) is 12.1 Å². The third-order valence-electron chi connectivity index (χ3n) is 9.35. The van der Waals surface area contributed by atoms with E-state index in [1.54, 1.807) is 0 Å². The van der Waals surface area contributed by atoms with Crippen molar-refractivity contribution in [1.29, 1.82) is 0 Å². The molecule has 5 nitrogen and oxygen atoms in total. The van der Waals surface area contributed by atoms with Crippen molar-refractivity contribution in [2.75, 3.05) is 46.3 Å². The third kappa shape index (κ3) is 21.3. The predicted molar refractivity (Wildman–Crippen MR) is 193 cm³/mol. The molecule has 0 amide bonds. The number of rotatable bonds is 4. The van der Waals surface area contributed by atoms with Gasteiger partial charge in [-0.2, -0.15) is 0 Å². The molecule has 5 heteroatoms. The third-order valence-corrected chi connectivity index (χ3v) is 9.35. The van der Waals surface area contributed by atoms with Crippen molar-refractivity contribution < 1.29 is 0 Å². The zero-order valence-corrected chi connectivity index (χ0v) is 30.9. The topological polar surface area (TPSA) is 51.4 Å². The van der Waals surface area contributed by atoms with Gasteiger partial charge in [-0.3, -0.25) is 0 Å². The molecule has 0 radical (unpaired) electrons. The Morgan fingerprint density at radius 1 is 0.558 bits per heavy atom. The second kappa shape index (κ2) is 25.9. The highest BCUT2D eigenvalue weighted by molar-refractivity contribution is 4.95. The Balaban J connectivity index is 0.000000259. The van der Waals surface area contributed by atoms with Crippen LogP contribution in [-0.4, -0.2) is 75.4 Å². The molecule has 0 spiro atoms. The van der Waals surface area contributed by atoms with E-state index in [9.17, 15) is 0 Å². The summed E-state index contributed by atoms with van der Waals surface area (Å²) in [6, 6.07) is 3.05. The fourth-order valence-corrected chi connectivity index (χ4v) is 6.97. The van der Waals surface area contributed by atoms with Gasteiger partial charge in [0.15, 0.2) is 0 Å². The zero-order chi connectivity index (χ0) is 31.9. The van der Waals surface area contributed by atoms with Crippen molar-refractivity contribution >= 4 is 0 Å². The molecule has 3 aliphatic heterocycles. The van der Waals surface area contributed by atoms with E-state index in [1.165, 1.54) is 136 Å². The Morgan fingerprint density at radius 3 is 1.23 bits per heavy atom. The molecule has 7 aliphatic rings. The second-order valence-corrected chi connectivity index (χ2v) is 15.2. The summed E-state index contributed by atoms with van der Waals surface area (Å²) >= 11 is 0. The van der Waals surface area contributed by atoms with Crippen molar-refractivity contribution in [2.45, 2.75) is 176 Å². The van der Waals surface area contributed by atoms with Gasteiger partial charge in [0.25, 0.3) is 0 Å². The lowest BCUT2D eigenvalue weighted by Crippen LogP contribution is -2.39. The van der Waals surface area contributed by atoms with Gasteiger partial charge in [-0.15, -0.1) is 0 Å². The molecule has 7 rings (SSSR count). The maximum Gasteiger partial charge on any atom is 0.00694 e. The van der Waals surface area contributed by atoms with Crippen LogP contribution in [0.4, 0.5) is 0 Å². The predicted octanol–water partition coefficient (Wildman–Crippen LogP) is 8.24. The molecule has 4 unspecified atom stereocenters. The summed E-state index contributed by atoms with van der Waals surface area (Å²) < 4.78 is 0. The van der Waals surface area contributed by atoms with E-state index < -0.39 is 0 Å². The lowest BCUT2D eigenvalue weighted by molar-refractivity contribution is 0.318. The van der Waals surface area contributed by atoms with Crippen LogP contribution in [0, 0.1) is 23.7 Å². The van der Waals surface area contributed by atoms with Gasteiger partial charge in [-0.1, -0.05) is 93.9 Å². The summed E-state index contributed by atoms with van der Waals surface area (Å²) in [7, 11) is 2.21. The minimum absolute atomic E-state index is 0.674. The summed E-state index contributed by atoms with van der Waals surface area (Å²) in [5.74, 6) is 4.36. The SMILES string of the molecule is C1CC2CNCC2C1.C1CCNC1.CC(C)NC1CCC1.CC(C)NC1CCCC1.CCC.CCC.CN1CC2CC2C1. The molecule has 43 heavy (non-hydrogen) atoms. The van der Waals surface area contributed by atoms with Gasteiger partial charge in [0.2, 0.25) is 0 Å². The molecule has 0 bridgehead atoms. The minimum Gasteiger partial charge on any atom is -0.317 e. The first-order chi connectivity index (χ1) is 20.7. The normalized spacial score (nSPS) is 28.5. The quantitative estimate of drug-likeness (QED) is 0.259. The van der Waals surface area contributed by atoms with Crippen LogP contribution in [-0.2, 0) is 0 Å². The molecule has 0 aromatic heterocycles. The van der Waals surface area contributed by atoms with Gasteiger partial charge < -0.3 is 26.2 Å². The first-order valence-corrected chi connectivity index (χ1v) is 19.4. The Hall–Kier alpha value is -0.200. The summed E-state index contributed by atoms with van der Waals surface area (Å²) in [5.41, 5.74) is 0. The molecule has 258 valence electrons. The Labute approximate surface area is 271 Å². The fraction of sp³-hybridized carbons (Fsp3) is 1.00. The second-order valence-electron chi connectivity index (χ2n) is 15.2. The number of hydrogen-bond donors (Lipinski definition) is 4. The lowest BCUT2D eigenvalue weighted by atomic mass is 9.93. The van der Waals surface area contributed by atoms with E-state index in [-0.39, 0.29) is 0 Å². The number of likely N-dealkylation sites (tertiary alicyclic amines) is 1. The van der Waals surface area contributed by atoms with Gasteiger partial charge in [0.05, 0.1) is 0 Å². The Kier molecular flexibility index (Phi) is 24.6. The van der Waals surface area contributed by atoms with Crippen LogP contribution in [0.1, 0.15) is 152 Å². The molecular weight excluding hydrogens is 526 g/mol. The van der Waals surface area contributed by atoms with Crippen molar-refractivity contribution in [1.82, 2.24) is 26.2 Å². The molecular formula is C38H81N5. The number of hydrogen-bond acceptors (Lipinski definition) is 5. The largest absolute Gasteiger partial charge is 0.317 e. The van der Waals surface area contributed by atoms with Crippen LogP contribution >= 0.6 is 0 Å². The van der Waals surface area contributed by atoms with Gasteiger partial charge in [-0.05, 0) is 115 Å². The highest BCUT2D eigenvalue weighted by Gasteiger charge is 2.43. The Morgan fingerprint density at radius 2 is 0.953 bits per heavy atom. The number of fused-ring (bicyclic) bond motifs is 2. The summed E-state index contributed by atoms with van der Waals surface area (Å²) in [6.45, 7) is 25.2. The monoisotopic (exact) mass is 608 g/mol. The first-order valence-electron chi connectivity index (χ1n) is 19.4. The van der Waals surface area contributed by atoms with E-state index in [4.69, 9.17) is 0 Å². The van der Waals surface area contributed by atoms with E-state index >= 15 is 0 Å². The van der Waals surface area contributed by atoms with Gasteiger partial charge in [-0.25, -0.2) is 0 Å². The smallest absolute Gasteiger partial charge is 0.00694 e. The summed E-state index contributed by atoms with van der Waals surface area (Å²) in [6.07, 6.45) is 21.2. The number of nitrogens with one attached hydrogen (secondary N) is 4. The van der Waals surface area contributed by atoms with Crippen molar-refractivity contribution in [3.05, 3.63) is 0 Å². The summed E-state index contributed by atoms with van der Waals surface area (Å²) in [5, 5.41) is 13.7. The van der Waals surface area contributed by atoms with Crippen molar-refractivity contribution in [3.63, 3.8) is 0 Å². The fourth-order valence-electron chi connectivity index (χ4n) is 6.97.